The van der Waals surface area contributed by atoms with Crippen molar-refractivity contribution in [2.24, 2.45) is 0 Å². The number of carbonyl (C=O) groups excluding carboxylic acids is 2. The molecule has 0 heterocycles. The fourth-order valence-electron chi connectivity index (χ4n) is 0.704. The number of hydrogen-bond acceptors (Lipinski definition) is 4. The number of alkyl halides is 6. The fraction of sp³-hybridized carbons (Fsp3) is 0.667. The van der Waals surface area contributed by atoms with E-state index in [2.05, 4.69) is 0 Å². The number of halogens is 8. The van der Waals surface area contributed by atoms with Gasteiger partial charge < -0.3 is 0 Å². The average molecular weight is 338 g/mol. The van der Waals surface area contributed by atoms with Gasteiger partial charge in [0.15, 0.2) is 0 Å². The second-order valence-corrected chi connectivity index (χ2v) is 2.76. The van der Waals surface area contributed by atoms with Crippen LogP contribution in [0.25, 0.3) is 0 Å². The van der Waals surface area contributed by atoms with Crippen LogP contribution in [-0.2, 0) is 19.5 Å². The molecule has 0 aromatic rings. The maximum absolute atomic E-state index is 12.6. The zero-order chi connectivity index (χ0) is 14.7. The zero-order valence-corrected chi connectivity index (χ0v) is 7.81. The second kappa shape index (κ2) is 9.41. The van der Waals surface area contributed by atoms with Gasteiger partial charge in [-0.15, -0.1) is 0 Å². The molecule has 0 saturated carbocycles. The second-order valence-electron chi connectivity index (χ2n) is 2.76. The third-order valence-corrected chi connectivity index (χ3v) is 1.65. The molecule has 20 heavy (non-hydrogen) atoms. The van der Waals surface area contributed by atoms with E-state index in [1.165, 1.54) is 0 Å². The molecule has 110 valence electrons. The van der Waals surface area contributed by atoms with Crippen LogP contribution in [0.15, 0.2) is 0 Å². The van der Waals surface area contributed by atoms with Gasteiger partial charge in [-0.2, -0.15) is 17.6 Å². The molecule has 0 bridgehead atoms. The molecule has 0 aliphatic heterocycles. The van der Waals surface area contributed by atoms with Crippen LogP contribution in [0.5, 0.6) is 0 Å². The molecule has 14 heteroatoms. The van der Waals surface area contributed by atoms with Gasteiger partial charge in [-0.25, -0.2) is 23.3 Å². The molecule has 0 N–H and O–H groups in total. The predicted octanol–water partition coefficient (Wildman–Crippen LogP) is 0.492. The fourth-order valence-corrected chi connectivity index (χ4v) is 0.704. The Kier molecular flexibility index (Phi) is 11.9. The van der Waals surface area contributed by atoms with Crippen molar-refractivity contribution in [3.8, 4) is 0 Å². The predicted molar refractivity (Wildman–Crippen MR) is 48.4 cm³/mol. The summed E-state index contributed by atoms with van der Waals surface area (Å²) < 4.78 is 97.3. The normalized spacial score (nSPS) is 14.2. The Labute approximate surface area is 149 Å². The molecular weight excluding hydrogens is 334 g/mol. The SMILES string of the molecule is O=C(OF)C(F)C(F)C(F)(F)C(F)(F)C(=O)OF.[NaH].[NaH]. The number of carbonyl (C=O) groups is 2. The van der Waals surface area contributed by atoms with Gasteiger partial charge in [0.25, 0.3) is 0 Å². The van der Waals surface area contributed by atoms with E-state index in [-0.39, 0.29) is 59.1 Å². The monoisotopic (exact) mass is 338 g/mol. The molecule has 4 nitrogen and oxygen atoms in total. The summed E-state index contributed by atoms with van der Waals surface area (Å²) in [5.41, 5.74) is 0. The van der Waals surface area contributed by atoms with E-state index < -0.39 is 36.1 Å². The Hall–Kier alpha value is 0.380. The minimum absolute atomic E-state index is 0. The van der Waals surface area contributed by atoms with Gasteiger partial charge in [0, 0.05) is 9.05 Å². The Morgan fingerprint density at radius 3 is 1.60 bits per heavy atom. The van der Waals surface area contributed by atoms with Gasteiger partial charge in [0.1, 0.15) is 0 Å². The maximum atomic E-state index is 12.6. The van der Waals surface area contributed by atoms with Gasteiger partial charge >= 0.3 is 82.9 Å². The molecule has 2 unspecified atom stereocenters. The molecule has 0 aliphatic rings. The zero-order valence-electron chi connectivity index (χ0n) is 7.81. The van der Waals surface area contributed by atoms with Crippen molar-refractivity contribution in [3.05, 3.63) is 0 Å². The van der Waals surface area contributed by atoms with Crippen molar-refractivity contribution in [2.45, 2.75) is 24.2 Å². The standard InChI is InChI=1S/C6H2F8O4.2Na.2H/c7-1(3(15)17-13)2(8)5(9,10)6(11,12)4(16)18-14;;;;/h1-2H;;;;. The molecule has 0 radical (unpaired) electrons. The van der Waals surface area contributed by atoms with Gasteiger partial charge in [-0.3, -0.25) is 4.94 Å². The van der Waals surface area contributed by atoms with E-state index in [4.69, 9.17) is 0 Å². The number of hydrogen-bond donors (Lipinski definition) is 0. The summed E-state index contributed by atoms with van der Waals surface area (Å²) in [6, 6.07) is 0. The first-order chi connectivity index (χ1) is 8.03. The molecule has 0 aromatic carbocycles. The van der Waals surface area contributed by atoms with Gasteiger partial charge in [0.05, 0.1) is 0 Å². The summed E-state index contributed by atoms with van der Waals surface area (Å²) in [7, 11) is 0. The first-order valence-electron chi connectivity index (χ1n) is 3.73. The first-order valence-corrected chi connectivity index (χ1v) is 3.73. The van der Waals surface area contributed by atoms with Crippen LogP contribution in [0, 0.1) is 0 Å². The topological polar surface area (TPSA) is 52.6 Å². The van der Waals surface area contributed by atoms with Crippen LogP contribution in [-0.4, -0.2) is 95.2 Å². The van der Waals surface area contributed by atoms with Crippen LogP contribution in [0.1, 0.15) is 0 Å². The van der Waals surface area contributed by atoms with Crippen molar-refractivity contribution in [2.75, 3.05) is 0 Å². The first kappa shape index (κ1) is 25.3. The van der Waals surface area contributed by atoms with E-state index >= 15 is 0 Å². The Balaban J connectivity index is -0.00000144. The van der Waals surface area contributed by atoms with Crippen molar-refractivity contribution >= 4 is 71.1 Å². The van der Waals surface area contributed by atoms with Crippen molar-refractivity contribution in [1.29, 1.82) is 0 Å². The van der Waals surface area contributed by atoms with Crippen LogP contribution in [0.4, 0.5) is 35.4 Å². The molecule has 2 atom stereocenters. The number of rotatable bonds is 5. The van der Waals surface area contributed by atoms with E-state index in [1.807, 2.05) is 4.94 Å². The molecule has 0 aromatic heterocycles. The third kappa shape index (κ3) is 4.98. The summed E-state index contributed by atoms with van der Waals surface area (Å²) in [5, 5.41) is 0. The molecule has 0 rings (SSSR count). The van der Waals surface area contributed by atoms with Crippen molar-refractivity contribution in [1.82, 2.24) is 0 Å². The third-order valence-electron chi connectivity index (χ3n) is 1.65. The molecular formula is C6H4F8Na2O4. The molecule has 0 aliphatic carbocycles. The van der Waals surface area contributed by atoms with E-state index in [0.717, 1.165) is 0 Å². The quantitative estimate of drug-likeness (QED) is 0.541. The van der Waals surface area contributed by atoms with Gasteiger partial charge in [0.2, 0.25) is 12.3 Å². The van der Waals surface area contributed by atoms with Gasteiger partial charge in [-0.05, 0) is 0 Å². The van der Waals surface area contributed by atoms with E-state index in [9.17, 15) is 45.0 Å². The molecule has 0 spiro atoms. The van der Waals surface area contributed by atoms with E-state index in [1.54, 1.807) is 4.94 Å². The minimum atomic E-state index is -6.18. The summed E-state index contributed by atoms with van der Waals surface area (Å²) >= 11 is 0. The Morgan fingerprint density at radius 2 is 1.30 bits per heavy atom. The van der Waals surface area contributed by atoms with Crippen LogP contribution >= 0.6 is 0 Å². The summed E-state index contributed by atoms with van der Waals surface area (Å²) in [5.74, 6) is -18.7. The van der Waals surface area contributed by atoms with E-state index in [0.29, 0.717) is 0 Å². The summed E-state index contributed by atoms with van der Waals surface area (Å²) in [6.45, 7) is 0. The van der Waals surface area contributed by atoms with Crippen LogP contribution in [0.2, 0.25) is 0 Å². The van der Waals surface area contributed by atoms with Crippen molar-refractivity contribution < 1.29 is 54.9 Å². The van der Waals surface area contributed by atoms with Gasteiger partial charge in [-0.1, -0.05) is 0 Å². The summed E-state index contributed by atoms with van der Waals surface area (Å²) in [6.07, 6.45) is -8.84. The Morgan fingerprint density at radius 1 is 0.900 bits per heavy atom. The molecule has 0 saturated heterocycles. The average Bonchev–Trinajstić information content (AvgIpc) is 2.34. The molecule has 0 fully saturated rings. The van der Waals surface area contributed by atoms with Crippen LogP contribution in [0.3, 0.4) is 0 Å². The van der Waals surface area contributed by atoms with Crippen LogP contribution < -0.4 is 0 Å². The van der Waals surface area contributed by atoms with Crippen molar-refractivity contribution in [3.63, 3.8) is 0 Å². The summed E-state index contributed by atoms with van der Waals surface area (Å²) in [4.78, 5) is 23.7. The molecule has 0 amide bonds. The Bertz CT molecular complexity index is 341.